The van der Waals surface area contributed by atoms with Crippen LogP contribution in [0.2, 0.25) is 0 Å². The Hall–Kier alpha value is -1.13. The van der Waals surface area contributed by atoms with Gasteiger partial charge >= 0.3 is 0 Å². The summed E-state index contributed by atoms with van der Waals surface area (Å²) < 4.78 is 0. The average Bonchev–Trinajstić information content (AvgIpc) is 2.30. The molecule has 0 bridgehead atoms. The molecule has 2 unspecified atom stereocenters. The zero-order chi connectivity index (χ0) is 11.6. The number of nitrogens with two attached hydrogens (primary N) is 1. The lowest BCUT2D eigenvalue weighted by molar-refractivity contribution is -0.0474. The molecule has 2 atom stereocenters. The third-order valence-corrected chi connectivity index (χ3v) is 3.56. The Kier molecular flexibility index (Phi) is 3.12. The summed E-state index contributed by atoms with van der Waals surface area (Å²) in [5, 5.41) is 14.1. The van der Waals surface area contributed by atoms with Gasteiger partial charge in [-0.3, -0.25) is 4.98 Å². The van der Waals surface area contributed by atoms with Gasteiger partial charge in [0.25, 0.3) is 0 Å². The van der Waals surface area contributed by atoms with Crippen LogP contribution in [0.25, 0.3) is 0 Å². The number of aromatic nitrogens is 1. The van der Waals surface area contributed by atoms with Crippen LogP contribution in [-0.4, -0.2) is 23.2 Å². The van der Waals surface area contributed by atoms with Crippen LogP contribution >= 0.6 is 0 Å². The molecule has 0 aromatic carbocycles. The molecule has 2 heterocycles. The van der Waals surface area contributed by atoms with Crippen LogP contribution in [0.3, 0.4) is 0 Å². The fourth-order valence-corrected chi connectivity index (χ4v) is 2.53. The van der Waals surface area contributed by atoms with Gasteiger partial charge in [-0.1, -0.05) is 6.92 Å². The Morgan fingerprint density at radius 3 is 3.19 bits per heavy atom. The third kappa shape index (κ3) is 1.79. The molecule has 0 saturated carbocycles. The van der Waals surface area contributed by atoms with Crippen molar-refractivity contribution in [3.05, 3.63) is 24.0 Å². The Morgan fingerprint density at radius 2 is 2.50 bits per heavy atom. The van der Waals surface area contributed by atoms with Crippen LogP contribution in [0, 0.1) is 5.92 Å². The van der Waals surface area contributed by atoms with Crippen molar-refractivity contribution in [2.45, 2.75) is 25.4 Å². The van der Waals surface area contributed by atoms with Crippen molar-refractivity contribution in [1.29, 1.82) is 0 Å². The minimum absolute atomic E-state index is 0.202. The summed E-state index contributed by atoms with van der Waals surface area (Å²) in [4.78, 5) is 4.07. The molecule has 16 heavy (non-hydrogen) atoms. The van der Waals surface area contributed by atoms with Gasteiger partial charge in [0.2, 0.25) is 0 Å². The zero-order valence-electron chi connectivity index (χ0n) is 9.61. The predicted molar refractivity (Wildman–Crippen MR) is 63.8 cm³/mol. The number of anilines is 1. The predicted octanol–water partition coefficient (Wildman–Crippen LogP) is 0.871. The molecule has 4 N–H and O–H groups in total. The maximum atomic E-state index is 10.8. The molecule has 2 rings (SSSR count). The second-order valence-electron chi connectivity index (χ2n) is 4.45. The third-order valence-electron chi connectivity index (χ3n) is 3.56. The minimum Gasteiger partial charge on any atom is -0.398 e. The van der Waals surface area contributed by atoms with E-state index in [0.717, 1.165) is 25.1 Å². The number of pyridine rings is 1. The van der Waals surface area contributed by atoms with E-state index < -0.39 is 5.60 Å². The summed E-state index contributed by atoms with van der Waals surface area (Å²) in [5.74, 6) is 0.202. The summed E-state index contributed by atoms with van der Waals surface area (Å²) in [7, 11) is 0. The van der Waals surface area contributed by atoms with Crippen molar-refractivity contribution in [2.24, 2.45) is 5.92 Å². The summed E-state index contributed by atoms with van der Waals surface area (Å²) in [5.41, 5.74) is 6.53. The molecule has 4 nitrogen and oxygen atoms in total. The molecule has 1 fully saturated rings. The molecule has 0 spiro atoms. The smallest absolute Gasteiger partial charge is 0.0983 e. The lowest BCUT2D eigenvalue weighted by atomic mass is 9.75. The monoisotopic (exact) mass is 221 g/mol. The molecule has 0 aliphatic carbocycles. The van der Waals surface area contributed by atoms with Crippen molar-refractivity contribution in [3.8, 4) is 0 Å². The highest BCUT2D eigenvalue weighted by Crippen LogP contribution is 2.38. The Balaban J connectivity index is 2.39. The van der Waals surface area contributed by atoms with Crippen LogP contribution in [0.1, 0.15) is 25.3 Å². The highest BCUT2D eigenvalue weighted by Gasteiger charge is 2.40. The first kappa shape index (κ1) is 11.4. The summed E-state index contributed by atoms with van der Waals surface area (Å²) in [6.07, 6.45) is 4.98. The normalized spacial score (nSPS) is 30.2. The maximum absolute atomic E-state index is 10.8. The van der Waals surface area contributed by atoms with Crippen molar-refractivity contribution in [3.63, 3.8) is 0 Å². The van der Waals surface area contributed by atoms with Gasteiger partial charge in [-0.15, -0.1) is 0 Å². The van der Waals surface area contributed by atoms with E-state index in [4.69, 9.17) is 5.73 Å². The van der Waals surface area contributed by atoms with E-state index in [2.05, 4.69) is 17.2 Å². The first-order chi connectivity index (χ1) is 7.68. The lowest BCUT2D eigenvalue weighted by Gasteiger charge is -2.40. The van der Waals surface area contributed by atoms with Gasteiger partial charge in [-0.05, 0) is 25.5 Å². The van der Waals surface area contributed by atoms with Gasteiger partial charge in [-0.2, -0.15) is 0 Å². The molecule has 1 saturated heterocycles. The van der Waals surface area contributed by atoms with E-state index >= 15 is 0 Å². The molecular formula is C12H19N3O. The minimum atomic E-state index is -0.821. The Morgan fingerprint density at radius 1 is 1.69 bits per heavy atom. The number of aliphatic hydroxyl groups is 1. The van der Waals surface area contributed by atoms with E-state index in [0.29, 0.717) is 12.1 Å². The molecule has 1 aliphatic heterocycles. The number of piperidine rings is 1. The number of nitrogens with one attached hydrogen (secondary N) is 1. The van der Waals surface area contributed by atoms with E-state index in [-0.39, 0.29) is 5.92 Å². The Bertz CT molecular complexity index is 369. The highest BCUT2D eigenvalue weighted by atomic mass is 16.3. The van der Waals surface area contributed by atoms with Gasteiger partial charge in [0.15, 0.2) is 0 Å². The number of rotatable bonds is 2. The number of hydrogen-bond donors (Lipinski definition) is 3. The molecule has 0 amide bonds. The van der Waals surface area contributed by atoms with Gasteiger partial charge in [0.05, 0.1) is 5.60 Å². The summed E-state index contributed by atoms with van der Waals surface area (Å²) in [6.45, 7) is 3.75. The second kappa shape index (κ2) is 4.39. The van der Waals surface area contributed by atoms with Gasteiger partial charge < -0.3 is 16.2 Å². The van der Waals surface area contributed by atoms with Crippen LogP contribution in [-0.2, 0) is 5.60 Å². The number of nitrogens with zero attached hydrogens (tertiary/aromatic N) is 1. The SMILES string of the molecule is CCC1CNCCC1(O)c1cnccc1N. The zero-order valence-corrected chi connectivity index (χ0v) is 9.61. The lowest BCUT2D eigenvalue weighted by Crippen LogP contribution is -2.48. The number of hydrogen-bond acceptors (Lipinski definition) is 4. The molecule has 1 aromatic heterocycles. The van der Waals surface area contributed by atoms with Crippen LogP contribution < -0.4 is 11.1 Å². The van der Waals surface area contributed by atoms with E-state index in [1.165, 1.54) is 0 Å². The quantitative estimate of drug-likeness (QED) is 0.693. The Labute approximate surface area is 95.9 Å². The van der Waals surface area contributed by atoms with Gasteiger partial charge in [-0.25, -0.2) is 0 Å². The topological polar surface area (TPSA) is 71.2 Å². The molecule has 4 heteroatoms. The largest absolute Gasteiger partial charge is 0.398 e. The van der Waals surface area contributed by atoms with Crippen LogP contribution in [0.15, 0.2) is 18.5 Å². The number of nitrogen functional groups attached to an aromatic ring is 1. The molecule has 1 aromatic rings. The summed E-state index contributed by atoms with van der Waals surface area (Å²) in [6, 6.07) is 1.75. The fourth-order valence-electron chi connectivity index (χ4n) is 2.53. The first-order valence-electron chi connectivity index (χ1n) is 5.81. The second-order valence-corrected chi connectivity index (χ2v) is 4.45. The van der Waals surface area contributed by atoms with E-state index in [1.54, 1.807) is 18.5 Å². The fraction of sp³-hybridized carbons (Fsp3) is 0.583. The summed E-state index contributed by atoms with van der Waals surface area (Å²) >= 11 is 0. The van der Waals surface area contributed by atoms with Crippen LogP contribution in [0.5, 0.6) is 0 Å². The van der Waals surface area contributed by atoms with Crippen molar-refractivity contribution >= 4 is 5.69 Å². The van der Waals surface area contributed by atoms with Crippen molar-refractivity contribution < 1.29 is 5.11 Å². The molecule has 1 aliphatic rings. The van der Waals surface area contributed by atoms with E-state index in [9.17, 15) is 5.11 Å². The highest BCUT2D eigenvalue weighted by molar-refractivity contribution is 5.48. The standard InChI is InChI=1S/C12H19N3O/c1-2-9-7-15-6-4-12(9,16)10-8-14-5-3-11(10)13/h3,5,8-9,15-16H,2,4,6-7H2,1H3,(H2,13,14). The van der Waals surface area contributed by atoms with Gasteiger partial charge in [0, 0.05) is 36.1 Å². The average molecular weight is 221 g/mol. The van der Waals surface area contributed by atoms with E-state index in [1.807, 2.05) is 0 Å². The maximum Gasteiger partial charge on any atom is 0.0983 e. The van der Waals surface area contributed by atoms with Crippen molar-refractivity contribution in [2.75, 3.05) is 18.8 Å². The first-order valence-corrected chi connectivity index (χ1v) is 5.81. The molecular weight excluding hydrogens is 202 g/mol. The molecule has 0 radical (unpaired) electrons. The van der Waals surface area contributed by atoms with Crippen molar-refractivity contribution in [1.82, 2.24) is 10.3 Å². The van der Waals surface area contributed by atoms with Crippen LogP contribution in [0.4, 0.5) is 5.69 Å². The van der Waals surface area contributed by atoms with Gasteiger partial charge in [0.1, 0.15) is 0 Å². The molecule has 88 valence electrons.